The van der Waals surface area contributed by atoms with E-state index in [-0.39, 0.29) is 11.9 Å². The number of para-hydroxylation sites is 2. The van der Waals surface area contributed by atoms with Gasteiger partial charge >= 0.3 is 0 Å². The third-order valence-corrected chi connectivity index (χ3v) is 3.60. The maximum atomic E-state index is 12.3. The van der Waals surface area contributed by atoms with E-state index in [4.69, 9.17) is 5.73 Å². The molecule has 1 aromatic heterocycles. The Bertz CT molecular complexity index is 835. The summed E-state index contributed by atoms with van der Waals surface area (Å²) in [4.78, 5) is 30.9. The first-order chi connectivity index (χ1) is 11.0. The summed E-state index contributed by atoms with van der Waals surface area (Å²) in [6.07, 6.45) is 0. The van der Waals surface area contributed by atoms with Gasteiger partial charge in [0.25, 0.3) is 5.91 Å². The van der Waals surface area contributed by atoms with Crippen molar-refractivity contribution < 1.29 is 9.59 Å². The molecule has 0 aliphatic carbocycles. The number of nitrogens with zero attached hydrogens (tertiary/aromatic N) is 1. The summed E-state index contributed by atoms with van der Waals surface area (Å²) in [5.74, 6) is -0.0742. The number of H-pyrrole nitrogens is 1. The Morgan fingerprint density at radius 3 is 2.39 bits per heavy atom. The Morgan fingerprint density at radius 2 is 1.74 bits per heavy atom. The molecule has 1 heterocycles. The van der Waals surface area contributed by atoms with E-state index in [0.717, 1.165) is 11.0 Å². The Labute approximate surface area is 132 Å². The monoisotopic (exact) mass is 308 g/mol. The van der Waals surface area contributed by atoms with Crippen LogP contribution in [0.3, 0.4) is 0 Å². The van der Waals surface area contributed by atoms with Crippen LogP contribution in [0.4, 0.5) is 0 Å². The fourth-order valence-corrected chi connectivity index (χ4v) is 2.31. The van der Waals surface area contributed by atoms with E-state index in [1.165, 1.54) is 12.1 Å². The molecule has 23 heavy (non-hydrogen) atoms. The third kappa shape index (κ3) is 3.06. The molecule has 0 bridgehead atoms. The highest BCUT2D eigenvalue weighted by atomic mass is 16.2. The Morgan fingerprint density at radius 1 is 1.09 bits per heavy atom. The largest absolute Gasteiger partial charge is 0.366 e. The van der Waals surface area contributed by atoms with Crippen molar-refractivity contribution in [1.29, 1.82) is 0 Å². The van der Waals surface area contributed by atoms with Crippen LogP contribution in [-0.4, -0.2) is 21.8 Å². The summed E-state index contributed by atoms with van der Waals surface area (Å²) in [6, 6.07) is 13.6. The number of imidazole rings is 1. The van der Waals surface area contributed by atoms with Crippen molar-refractivity contribution >= 4 is 22.8 Å². The first-order valence-electron chi connectivity index (χ1n) is 7.20. The molecule has 0 aliphatic rings. The van der Waals surface area contributed by atoms with Crippen LogP contribution in [-0.2, 0) is 0 Å². The van der Waals surface area contributed by atoms with Crippen molar-refractivity contribution in [3.8, 4) is 0 Å². The number of carbonyl (C=O) groups excluding carboxylic acids is 2. The second-order valence-corrected chi connectivity index (χ2v) is 5.28. The Balaban J connectivity index is 1.74. The molecule has 2 aromatic carbocycles. The Hall–Kier alpha value is -3.15. The van der Waals surface area contributed by atoms with Crippen molar-refractivity contribution in [2.75, 3.05) is 0 Å². The summed E-state index contributed by atoms with van der Waals surface area (Å²) < 4.78 is 0. The summed E-state index contributed by atoms with van der Waals surface area (Å²) in [5, 5.41) is 2.87. The predicted molar refractivity (Wildman–Crippen MR) is 86.9 cm³/mol. The molecule has 3 aromatic rings. The predicted octanol–water partition coefficient (Wildman–Crippen LogP) is 2.15. The molecule has 0 fully saturated rings. The minimum absolute atomic E-state index is 0.242. The zero-order valence-electron chi connectivity index (χ0n) is 12.5. The van der Waals surface area contributed by atoms with Gasteiger partial charge in [0.1, 0.15) is 5.82 Å². The number of amides is 2. The first-order valence-corrected chi connectivity index (χ1v) is 7.20. The first kappa shape index (κ1) is 14.8. The van der Waals surface area contributed by atoms with Crippen LogP contribution in [0.15, 0.2) is 48.5 Å². The molecule has 6 heteroatoms. The molecule has 3 rings (SSSR count). The number of fused-ring (bicyclic) bond motifs is 1. The van der Waals surface area contributed by atoms with Gasteiger partial charge in [0.05, 0.1) is 17.1 Å². The average molecular weight is 308 g/mol. The van der Waals surface area contributed by atoms with Crippen molar-refractivity contribution in [3.63, 3.8) is 0 Å². The maximum Gasteiger partial charge on any atom is 0.251 e. The average Bonchev–Trinajstić information content (AvgIpc) is 2.99. The minimum Gasteiger partial charge on any atom is -0.366 e. The number of nitrogens with two attached hydrogens (primary N) is 1. The summed E-state index contributed by atoms with van der Waals surface area (Å²) in [7, 11) is 0. The van der Waals surface area contributed by atoms with Crippen LogP contribution in [0.5, 0.6) is 0 Å². The number of nitrogens with one attached hydrogen (secondary N) is 2. The van der Waals surface area contributed by atoms with E-state index in [2.05, 4.69) is 15.3 Å². The lowest BCUT2D eigenvalue weighted by atomic mass is 10.1. The molecule has 4 N–H and O–H groups in total. The number of rotatable bonds is 4. The van der Waals surface area contributed by atoms with Crippen LogP contribution < -0.4 is 11.1 Å². The van der Waals surface area contributed by atoms with Gasteiger partial charge in [0.2, 0.25) is 5.91 Å². The quantitative estimate of drug-likeness (QED) is 0.688. The van der Waals surface area contributed by atoms with Gasteiger partial charge in [-0.05, 0) is 43.3 Å². The number of hydrogen-bond acceptors (Lipinski definition) is 3. The lowest BCUT2D eigenvalue weighted by Crippen LogP contribution is -2.27. The summed E-state index contributed by atoms with van der Waals surface area (Å²) in [6.45, 7) is 1.85. The summed E-state index contributed by atoms with van der Waals surface area (Å²) in [5.41, 5.74) is 7.79. The third-order valence-electron chi connectivity index (χ3n) is 3.60. The highest BCUT2D eigenvalue weighted by molar-refractivity contribution is 5.97. The fraction of sp³-hybridized carbons (Fsp3) is 0.118. The molecule has 6 nitrogen and oxygen atoms in total. The van der Waals surface area contributed by atoms with E-state index in [1.807, 2.05) is 31.2 Å². The van der Waals surface area contributed by atoms with Crippen LogP contribution in [0.1, 0.15) is 39.5 Å². The molecule has 0 radical (unpaired) electrons. The number of aromatic nitrogens is 2. The maximum absolute atomic E-state index is 12.3. The normalized spacial score (nSPS) is 12.0. The molecule has 116 valence electrons. The zero-order valence-corrected chi connectivity index (χ0v) is 12.5. The molecule has 2 amide bonds. The van der Waals surface area contributed by atoms with Gasteiger partial charge in [-0.1, -0.05) is 12.1 Å². The van der Waals surface area contributed by atoms with Gasteiger partial charge in [-0.3, -0.25) is 9.59 Å². The van der Waals surface area contributed by atoms with Crippen LogP contribution in [0.2, 0.25) is 0 Å². The molecule has 0 aliphatic heterocycles. The lowest BCUT2D eigenvalue weighted by molar-refractivity contribution is 0.0936. The van der Waals surface area contributed by atoms with Crippen LogP contribution in [0, 0.1) is 0 Å². The van der Waals surface area contributed by atoms with Gasteiger partial charge in [-0.2, -0.15) is 0 Å². The lowest BCUT2D eigenvalue weighted by Gasteiger charge is -2.11. The van der Waals surface area contributed by atoms with E-state index in [1.54, 1.807) is 12.1 Å². The molecule has 1 unspecified atom stereocenters. The van der Waals surface area contributed by atoms with Gasteiger partial charge in [0, 0.05) is 11.1 Å². The van der Waals surface area contributed by atoms with Gasteiger partial charge < -0.3 is 16.0 Å². The van der Waals surface area contributed by atoms with Crippen LogP contribution in [0.25, 0.3) is 11.0 Å². The highest BCUT2D eigenvalue weighted by Gasteiger charge is 2.15. The second-order valence-electron chi connectivity index (χ2n) is 5.28. The second kappa shape index (κ2) is 5.92. The number of carbonyl (C=O) groups is 2. The van der Waals surface area contributed by atoms with Crippen molar-refractivity contribution in [2.45, 2.75) is 13.0 Å². The van der Waals surface area contributed by atoms with Gasteiger partial charge in [0.15, 0.2) is 0 Å². The van der Waals surface area contributed by atoms with Crippen molar-refractivity contribution in [1.82, 2.24) is 15.3 Å². The molecular weight excluding hydrogens is 292 g/mol. The summed E-state index contributed by atoms with van der Waals surface area (Å²) >= 11 is 0. The highest BCUT2D eigenvalue weighted by Crippen LogP contribution is 2.16. The standard InChI is InChI=1S/C17H16N4O2/c1-10(16-20-13-4-2-3-5-14(13)21-16)19-17(23)12-8-6-11(7-9-12)15(18)22/h2-10H,1H3,(H2,18,22)(H,19,23)(H,20,21). The smallest absolute Gasteiger partial charge is 0.251 e. The van der Waals surface area contributed by atoms with Crippen molar-refractivity contribution in [2.24, 2.45) is 5.73 Å². The molecule has 0 saturated carbocycles. The molecule has 0 saturated heterocycles. The van der Waals surface area contributed by atoms with E-state index < -0.39 is 5.91 Å². The van der Waals surface area contributed by atoms with E-state index >= 15 is 0 Å². The van der Waals surface area contributed by atoms with E-state index in [9.17, 15) is 9.59 Å². The topological polar surface area (TPSA) is 101 Å². The Kier molecular flexibility index (Phi) is 3.80. The van der Waals surface area contributed by atoms with Gasteiger partial charge in [-0.25, -0.2) is 4.98 Å². The van der Waals surface area contributed by atoms with Crippen molar-refractivity contribution in [3.05, 3.63) is 65.5 Å². The van der Waals surface area contributed by atoms with Gasteiger partial charge in [-0.15, -0.1) is 0 Å². The number of aromatic amines is 1. The SMILES string of the molecule is CC(NC(=O)c1ccc(C(N)=O)cc1)c1nc2ccccc2[nH]1. The van der Waals surface area contributed by atoms with Crippen LogP contribution >= 0.6 is 0 Å². The molecular formula is C17H16N4O2. The minimum atomic E-state index is -0.521. The molecule has 0 spiro atoms. The zero-order chi connectivity index (χ0) is 16.4. The number of hydrogen-bond donors (Lipinski definition) is 3. The fourth-order valence-electron chi connectivity index (χ4n) is 2.31. The van der Waals surface area contributed by atoms with E-state index in [0.29, 0.717) is 17.0 Å². The molecule has 1 atom stereocenters. The number of benzene rings is 2. The number of primary amides is 1.